The van der Waals surface area contributed by atoms with Crippen molar-refractivity contribution in [3.05, 3.63) is 28.7 Å². The Morgan fingerprint density at radius 3 is 1.69 bits per heavy atom. The molecule has 0 bridgehead atoms. The van der Waals surface area contributed by atoms with Crippen molar-refractivity contribution < 1.29 is 9.59 Å². The molecular formula is C24H39BrN2O2. The molecule has 0 saturated heterocycles. The maximum absolute atomic E-state index is 12.8. The number of carbonyl (C=O) groups is 2. The summed E-state index contributed by atoms with van der Waals surface area (Å²) in [4.78, 5) is 27.0. The summed E-state index contributed by atoms with van der Waals surface area (Å²) in [6.45, 7) is 5.78. The molecule has 1 N–H and O–H groups in total. The first-order valence-corrected chi connectivity index (χ1v) is 12.2. The highest BCUT2D eigenvalue weighted by molar-refractivity contribution is 9.10. The Kier molecular flexibility index (Phi) is 14.6. The lowest BCUT2D eigenvalue weighted by atomic mass is 10.1. The van der Waals surface area contributed by atoms with E-state index < -0.39 is 11.8 Å². The van der Waals surface area contributed by atoms with E-state index in [0.717, 1.165) is 30.2 Å². The van der Waals surface area contributed by atoms with E-state index in [2.05, 4.69) is 35.1 Å². The Bertz CT molecular complexity index is 559. The summed E-state index contributed by atoms with van der Waals surface area (Å²) < 4.78 is 0.939. The molecule has 0 aliphatic carbocycles. The third kappa shape index (κ3) is 12.0. The summed E-state index contributed by atoms with van der Waals surface area (Å²) in [5.41, 5.74) is 0.644. The molecule has 0 aliphatic rings. The number of amides is 2. The van der Waals surface area contributed by atoms with E-state index in [1.807, 2.05) is 12.1 Å². The van der Waals surface area contributed by atoms with Gasteiger partial charge < -0.3 is 10.2 Å². The highest BCUT2D eigenvalue weighted by Gasteiger charge is 2.21. The minimum absolute atomic E-state index is 0.407. The maximum atomic E-state index is 12.8. The first-order valence-electron chi connectivity index (χ1n) is 11.4. The van der Waals surface area contributed by atoms with Gasteiger partial charge in [0.05, 0.1) is 0 Å². The van der Waals surface area contributed by atoms with Gasteiger partial charge in [-0.2, -0.15) is 0 Å². The first-order chi connectivity index (χ1) is 14.1. The monoisotopic (exact) mass is 466 g/mol. The van der Waals surface area contributed by atoms with Gasteiger partial charge in [-0.1, -0.05) is 94.0 Å². The number of nitrogens with zero attached hydrogens (tertiary/aromatic N) is 1. The molecule has 0 spiro atoms. The van der Waals surface area contributed by atoms with E-state index in [4.69, 9.17) is 0 Å². The number of hydrogen-bond donors (Lipinski definition) is 1. The second-order valence-electron chi connectivity index (χ2n) is 7.79. The highest BCUT2D eigenvalue weighted by atomic mass is 79.9. The normalized spacial score (nSPS) is 10.7. The van der Waals surface area contributed by atoms with E-state index in [9.17, 15) is 9.59 Å². The molecule has 2 amide bonds. The molecule has 4 nitrogen and oxygen atoms in total. The minimum atomic E-state index is -0.538. The second-order valence-corrected chi connectivity index (χ2v) is 8.70. The maximum Gasteiger partial charge on any atom is 0.313 e. The molecule has 0 heterocycles. The van der Waals surface area contributed by atoms with Crippen LogP contribution in [0.1, 0.15) is 90.9 Å². The lowest BCUT2D eigenvalue weighted by Crippen LogP contribution is -2.40. The number of carbonyl (C=O) groups excluding carboxylic acids is 2. The van der Waals surface area contributed by atoms with E-state index in [1.54, 1.807) is 17.0 Å². The van der Waals surface area contributed by atoms with Gasteiger partial charge in [-0.05, 0) is 37.1 Å². The van der Waals surface area contributed by atoms with Crippen molar-refractivity contribution >= 4 is 33.4 Å². The molecule has 0 aromatic heterocycles. The van der Waals surface area contributed by atoms with Crippen LogP contribution in [0.15, 0.2) is 28.7 Å². The fraction of sp³-hybridized carbons (Fsp3) is 0.667. The Balaban J connectivity index is 2.50. The van der Waals surface area contributed by atoms with Gasteiger partial charge in [0, 0.05) is 23.2 Å². The second kappa shape index (κ2) is 16.4. The molecule has 1 rings (SSSR count). The molecule has 5 heteroatoms. The van der Waals surface area contributed by atoms with E-state index in [1.165, 1.54) is 51.4 Å². The van der Waals surface area contributed by atoms with Crippen molar-refractivity contribution in [3.63, 3.8) is 0 Å². The topological polar surface area (TPSA) is 49.4 Å². The van der Waals surface area contributed by atoms with Crippen LogP contribution < -0.4 is 5.32 Å². The predicted octanol–water partition coefficient (Wildman–Crippen LogP) is 6.94. The summed E-state index contributed by atoms with van der Waals surface area (Å²) in [6.07, 6.45) is 14.1. The first kappa shape index (κ1) is 25.7. The number of benzene rings is 1. The third-order valence-electron chi connectivity index (χ3n) is 5.15. The van der Waals surface area contributed by atoms with Crippen LogP contribution in [0.4, 0.5) is 5.69 Å². The molecule has 0 unspecified atom stereocenters. The number of halogens is 1. The van der Waals surface area contributed by atoms with Gasteiger partial charge in [0.1, 0.15) is 0 Å². The number of rotatable bonds is 15. The molecule has 0 fully saturated rings. The van der Waals surface area contributed by atoms with Crippen LogP contribution in [0, 0.1) is 0 Å². The Morgan fingerprint density at radius 2 is 1.21 bits per heavy atom. The fourth-order valence-electron chi connectivity index (χ4n) is 3.34. The lowest BCUT2D eigenvalue weighted by molar-refractivity contribution is -0.143. The average Bonchev–Trinajstić information content (AvgIpc) is 2.72. The summed E-state index contributed by atoms with van der Waals surface area (Å²) in [6, 6.07) is 7.29. The molecule has 0 aliphatic heterocycles. The molecule has 29 heavy (non-hydrogen) atoms. The van der Waals surface area contributed by atoms with Crippen LogP contribution in [-0.4, -0.2) is 29.8 Å². The molecular weight excluding hydrogens is 428 g/mol. The summed E-state index contributed by atoms with van der Waals surface area (Å²) in [5, 5.41) is 2.74. The highest BCUT2D eigenvalue weighted by Crippen LogP contribution is 2.15. The van der Waals surface area contributed by atoms with Gasteiger partial charge >= 0.3 is 11.8 Å². The Labute approximate surface area is 186 Å². The van der Waals surface area contributed by atoms with Crippen molar-refractivity contribution in [2.75, 3.05) is 18.4 Å². The van der Waals surface area contributed by atoms with Crippen LogP contribution in [0.5, 0.6) is 0 Å². The summed E-state index contributed by atoms with van der Waals surface area (Å²) in [7, 11) is 0. The fourth-order valence-corrected chi connectivity index (χ4v) is 3.61. The Morgan fingerprint density at radius 1 is 0.759 bits per heavy atom. The van der Waals surface area contributed by atoms with Gasteiger partial charge in [0.15, 0.2) is 0 Å². The number of hydrogen-bond acceptors (Lipinski definition) is 2. The molecule has 164 valence electrons. The average molecular weight is 467 g/mol. The molecule has 0 radical (unpaired) electrons. The minimum Gasteiger partial charge on any atom is -0.334 e. The number of anilines is 1. The largest absolute Gasteiger partial charge is 0.334 e. The third-order valence-corrected chi connectivity index (χ3v) is 5.68. The van der Waals surface area contributed by atoms with Crippen molar-refractivity contribution in [1.29, 1.82) is 0 Å². The van der Waals surface area contributed by atoms with Gasteiger partial charge in [-0.25, -0.2) is 0 Å². The van der Waals surface area contributed by atoms with Crippen molar-refractivity contribution in [1.82, 2.24) is 4.90 Å². The standard InChI is InChI=1S/C24H39BrN2O2/c1-3-5-7-9-11-13-19-27(20-14-12-10-8-6-4-2)24(29)23(28)26-22-17-15-21(25)16-18-22/h15-18H,3-14,19-20H2,1-2H3,(H,26,28). The number of nitrogens with one attached hydrogen (secondary N) is 1. The molecule has 0 saturated carbocycles. The van der Waals surface area contributed by atoms with Crippen molar-refractivity contribution in [2.24, 2.45) is 0 Å². The summed E-state index contributed by atoms with van der Waals surface area (Å²) >= 11 is 3.38. The predicted molar refractivity (Wildman–Crippen MR) is 126 cm³/mol. The smallest absolute Gasteiger partial charge is 0.313 e. The zero-order valence-electron chi connectivity index (χ0n) is 18.4. The number of unbranched alkanes of at least 4 members (excludes halogenated alkanes) is 10. The lowest BCUT2D eigenvalue weighted by Gasteiger charge is -2.22. The van der Waals surface area contributed by atoms with Crippen LogP contribution in [0.2, 0.25) is 0 Å². The zero-order valence-corrected chi connectivity index (χ0v) is 19.9. The molecule has 0 atom stereocenters. The van der Waals surface area contributed by atoms with Crippen LogP contribution in [0.25, 0.3) is 0 Å². The van der Waals surface area contributed by atoms with Gasteiger partial charge in [0.2, 0.25) is 0 Å². The Hall–Kier alpha value is -1.36. The van der Waals surface area contributed by atoms with E-state index >= 15 is 0 Å². The molecule has 1 aromatic carbocycles. The van der Waals surface area contributed by atoms with Crippen LogP contribution in [0.3, 0.4) is 0 Å². The molecule has 1 aromatic rings. The van der Waals surface area contributed by atoms with Crippen LogP contribution in [-0.2, 0) is 9.59 Å². The van der Waals surface area contributed by atoms with Crippen molar-refractivity contribution in [3.8, 4) is 0 Å². The van der Waals surface area contributed by atoms with Gasteiger partial charge in [0.25, 0.3) is 0 Å². The van der Waals surface area contributed by atoms with Crippen molar-refractivity contribution in [2.45, 2.75) is 90.9 Å². The van der Waals surface area contributed by atoms with Gasteiger partial charge in [-0.15, -0.1) is 0 Å². The van der Waals surface area contributed by atoms with Gasteiger partial charge in [-0.3, -0.25) is 9.59 Å². The van der Waals surface area contributed by atoms with E-state index in [-0.39, 0.29) is 0 Å². The summed E-state index contributed by atoms with van der Waals surface area (Å²) in [5.74, 6) is -0.945. The zero-order chi connectivity index (χ0) is 21.3. The quantitative estimate of drug-likeness (QED) is 0.224. The van der Waals surface area contributed by atoms with E-state index in [0.29, 0.717) is 18.8 Å². The van der Waals surface area contributed by atoms with Crippen LogP contribution >= 0.6 is 15.9 Å². The SMILES string of the molecule is CCCCCCCCN(CCCCCCCC)C(=O)C(=O)Nc1ccc(Br)cc1.